The van der Waals surface area contributed by atoms with E-state index in [2.05, 4.69) is 24.9 Å². The summed E-state index contributed by atoms with van der Waals surface area (Å²) in [5.41, 5.74) is 11.9. The highest BCUT2D eigenvalue weighted by atomic mass is 16.3. The smallest absolute Gasteiger partial charge is 0.200 e. The van der Waals surface area contributed by atoms with Crippen molar-refractivity contribution in [2.24, 2.45) is 5.73 Å². The summed E-state index contributed by atoms with van der Waals surface area (Å²) in [6, 6.07) is 21.4. The Kier molecular flexibility index (Phi) is 6.23. The molecule has 35 heavy (non-hydrogen) atoms. The molecule has 176 valence electrons. The first-order valence-electron chi connectivity index (χ1n) is 12.3. The topological polar surface area (TPSA) is 69.1 Å². The van der Waals surface area contributed by atoms with Crippen molar-refractivity contribution in [3.63, 3.8) is 0 Å². The van der Waals surface area contributed by atoms with Gasteiger partial charge in [0.05, 0.1) is 10.9 Å². The van der Waals surface area contributed by atoms with Gasteiger partial charge in [0.1, 0.15) is 11.5 Å². The second-order valence-corrected chi connectivity index (χ2v) is 9.31. The van der Waals surface area contributed by atoms with Gasteiger partial charge in [-0.25, -0.2) is 0 Å². The summed E-state index contributed by atoms with van der Waals surface area (Å²) in [4.78, 5) is 18.6. The van der Waals surface area contributed by atoms with Crippen LogP contribution in [0.1, 0.15) is 45.1 Å². The second kappa shape index (κ2) is 9.47. The molecule has 4 aromatic rings. The van der Waals surface area contributed by atoms with Gasteiger partial charge < -0.3 is 10.2 Å². The zero-order valence-corrected chi connectivity index (χ0v) is 20.3. The van der Waals surface area contributed by atoms with Crippen LogP contribution >= 0.6 is 0 Å². The fourth-order valence-corrected chi connectivity index (χ4v) is 4.73. The lowest BCUT2D eigenvalue weighted by Crippen LogP contribution is -2.47. The molecule has 0 aliphatic heterocycles. The first-order valence-corrected chi connectivity index (χ1v) is 12.3. The Labute approximate surface area is 205 Å². The molecule has 1 saturated carbocycles. The molecule has 2 aromatic heterocycles. The Hall–Kier alpha value is -3.76. The van der Waals surface area contributed by atoms with Crippen molar-refractivity contribution >= 4 is 16.5 Å². The van der Waals surface area contributed by atoms with E-state index in [1.54, 1.807) is 12.3 Å². The predicted molar refractivity (Wildman–Crippen MR) is 144 cm³/mol. The van der Waals surface area contributed by atoms with E-state index >= 15 is 0 Å². The second-order valence-electron chi connectivity index (χ2n) is 9.31. The highest BCUT2D eigenvalue weighted by molar-refractivity contribution is 5.94. The van der Waals surface area contributed by atoms with Crippen LogP contribution in [-0.4, -0.2) is 10.5 Å². The summed E-state index contributed by atoms with van der Waals surface area (Å²) in [5.74, 6) is 0.568. The van der Waals surface area contributed by atoms with Crippen LogP contribution in [0.5, 0.6) is 0 Å². The first kappa shape index (κ1) is 23.0. The van der Waals surface area contributed by atoms with Crippen LogP contribution < -0.4 is 11.2 Å². The lowest BCUT2D eigenvalue weighted by Gasteiger charge is -2.39. The van der Waals surface area contributed by atoms with Gasteiger partial charge in [-0.05, 0) is 44.2 Å². The number of allylic oxidation sites excluding steroid dienone is 3. The van der Waals surface area contributed by atoms with Crippen molar-refractivity contribution in [3.8, 4) is 22.6 Å². The van der Waals surface area contributed by atoms with Crippen molar-refractivity contribution in [2.45, 2.75) is 45.1 Å². The van der Waals surface area contributed by atoms with E-state index in [9.17, 15) is 4.79 Å². The van der Waals surface area contributed by atoms with E-state index < -0.39 is 0 Å². The van der Waals surface area contributed by atoms with E-state index in [1.807, 2.05) is 66.7 Å². The number of fused-ring (bicyclic) bond motifs is 1. The van der Waals surface area contributed by atoms with Gasteiger partial charge in [0.15, 0.2) is 5.58 Å². The van der Waals surface area contributed by atoms with Crippen molar-refractivity contribution < 1.29 is 4.42 Å². The minimum atomic E-state index is -0.220. The Morgan fingerprint density at radius 3 is 2.26 bits per heavy atom. The Balaban J connectivity index is 1.77. The van der Waals surface area contributed by atoms with Gasteiger partial charge in [-0.1, -0.05) is 85.3 Å². The standard InChI is InChI=1S/C31H30N2O2/c1-3-22(16-15-21(2)31(32)18-10-19-31)26-28(34)25-17-20-33-27(23-11-6-4-7-12-23)30(25)35-29(26)24-13-8-5-9-14-24/h4-9,11-17,20H,3,10,18-19,32H2,1-2H3. The van der Waals surface area contributed by atoms with Gasteiger partial charge in [0.25, 0.3) is 0 Å². The van der Waals surface area contributed by atoms with Crippen molar-refractivity contribution in [1.29, 1.82) is 0 Å². The average Bonchev–Trinajstić information content (AvgIpc) is 2.89. The molecule has 0 unspecified atom stereocenters. The van der Waals surface area contributed by atoms with E-state index in [0.717, 1.165) is 41.5 Å². The largest absolute Gasteiger partial charge is 0.453 e. The number of aromatic nitrogens is 1. The van der Waals surface area contributed by atoms with Gasteiger partial charge in [0, 0.05) is 22.9 Å². The number of nitrogens with two attached hydrogens (primary N) is 1. The molecule has 2 aromatic carbocycles. The first-order chi connectivity index (χ1) is 17.0. The maximum absolute atomic E-state index is 14.0. The van der Waals surface area contributed by atoms with E-state index in [1.165, 1.54) is 0 Å². The molecule has 4 heteroatoms. The zero-order valence-electron chi connectivity index (χ0n) is 20.3. The lowest BCUT2D eigenvalue weighted by atomic mass is 9.72. The highest BCUT2D eigenvalue weighted by Gasteiger charge is 2.33. The quantitative estimate of drug-likeness (QED) is 0.309. The molecule has 0 radical (unpaired) electrons. The molecule has 0 spiro atoms. The van der Waals surface area contributed by atoms with Gasteiger partial charge in [-0.2, -0.15) is 0 Å². The molecule has 1 fully saturated rings. The predicted octanol–water partition coefficient (Wildman–Crippen LogP) is 7.14. The lowest BCUT2D eigenvalue weighted by molar-refractivity contribution is 0.298. The fourth-order valence-electron chi connectivity index (χ4n) is 4.73. The molecule has 5 rings (SSSR count). The van der Waals surface area contributed by atoms with Gasteiger partial charge in [0.2, 0.25) is 5.43 Å². The van der Waals surface area contributed by atoms with E-state index in [-0.39, 0.29) is 11.0 Å². The van der Waals surface area contributed by atoms with Crippen molar-refractivity contribution in [2.75, 3.05) is 0 Å². The average molecular weight is 463 g/mol. The summed E-state index contributed by atoms with van der Waals surface area (Å²) in [7, 11) is 0. The number of benzene rings is 2. The third-order valence-electron chi connectivity index (χ3n) is 7.16. The van der Waals surface area contributed by atoms with Crippen LogP contribution in [0, 0.1) is 0 Å². The summed E-state index contributed by atoms with van der Waals surface area (Å²) < 4.78 is 6.59. The summed E-state index contributed by atoms with van der Waals surface area (Å²) in [6.07, 6.45) is 9.68. The normalized spacial score (nSPS) is 15.7. The van der Waals surface area contributed by atoms with Gasteiger partial charge in [-0.15, -0.1) is 0 Å². The molecular formula is C31H30N2O2. The summed E-state index contributed by atoms with van der Waals surface area (Å²) in [5, 5.41) is 0.530. The molecule has 2 N–H and O–H groups in total. The third-order valence-corrected chi connectivity index (χ3v) is 7.16. The van der Waals surface area contributed by atoms with Crippen LogP contribution in [-0.2, 0) is 0 Å². The molecule has 4 nitrogen and oxygen atoms in total. The van der Waals surface area contributed by atoms with E-state index in [4.69, 9.17) is 10.2 Å². The van der Waals surface area contributed by atoms with E-state index in [0.29, 0.717) is 34.4 Å². The number of hydrogen-bond donors (Lipinski definition) is 1. The highest BCUT2D eigenvalue weighted by Crippen LogP contribution is 2.37. The molecule has 0 saturated heterocycles. The third kappa shape index (κ3) is 4.26. The summed E-state index contributed by atoms with van der Waals surface area (Å²) >= 11 is 0. The molecular weight excluding hydrogens is 432 g/mol. The summed E-state index contributed by atoms with van der Waals surface area (Å²) in [6.45, 7) is 4.15. The number of pyridine rings is 1. The van der Waals surface area contributed by atoms with Crippen molar-refractivity contribution in [1.82, 2.24) is 4.98 Å². The van der Waals surface area contributed by atoms with Crippen LogP contribution in [0.2, 0.25) is 0 Å². The molecule has 2 heterocycles. The maximum atomic E-state index is 14.0. The fraction of sp³-hybridized carbons (Fsp3) is 0.226. The molecule has 0 atom stereocenters. The van der Waals surface area contributed by atoms with Crippen LogP contribution in [0.15, 0.2) is 99.9 Å². The Morgan fingerprint density at radius 2 is 1.66 bits per heavy atom. The molecule has 0 amide bonds. The number of hydrogen-bond acceptors (Lipinski definition) is 4. The molecule has 1 aliphatic carbocycles. The maximum Gasteiger partial charge on any atom is 0.200 e. The van der Waals surface area contributed by atoms with Crippen LogP contribution in [0.25, 0.3) is 39.1 Å². The Bertz CT molecular complexity index is 1480. The van der Waals surface area contributed by atoms with Gasteiger partial charge >= 0.3 is 0 Å². The van der Waals surface area contributed by atoms with Crippen LogP contribution in [0.3, 0.4) is 0 Å². The number of rotatable bonds is 6. The monoisotopic (exact) mass is 462 g/mol. The molecule has 1 aliphatic rings. The minimum Gasteiger partial charge on any atom is -0.453 e. The Morgan fingerprint density at radius 1 is 1.00 bits per heavy atom. The number of nitrogens with zero attached hydrogens (tertiary/aromatic N) is 1. The van der Waals surface area contributed by atoms with Crippen LogP contribution in [0.4, 0.5) is 0 Å². The van der Waals surface area contributed by atoms with Crippen molar-refractivity contribution in [3.05, 3.63) is 106 Å². The SMILES string of the molecule is CCC(=CC=C(C)C1(N)CCC1)c1c(-c2ccccc2)oc2c(-c3ccccc3)nccc2c1=O. The molecule has 0 bridgehead atoms. The minimum absolute atomic E-state index is 0.0463. The van der Waals surface area contributed by atoms with Gasteiger partial charge in [-0.3, -0.25) is 9.78 Å². The zero-order chi connectivity index (χ0) is 24.4.